The molecule has 0 spiro atoms. The molecule has 0 radical (unpaired) electrons. The zero-order chi connectivity index (χ0) is 16.3. The van der Waals surface area contributed by atoms with E-state index in [0.717, 1.165) is 11.3 Å². The van der Waals surface area contributed by atoms with E-state index in [1.807, 2.05) is 24.3 Å². The Morgan fingerprint density at radius 2 is 1.73 bits per heavy atom. The fourth-order valence-electron chi connectivity index (χ4n) is 2.19. The largest absolute Gasteiger partial charge is 0.388 e. The number of carbonyl (C=O) groups excluding carboxylic acids is 3. The van der Waals surface area contributed by atoms with Gasteiger partial charge in [-0.15, -0.1) is 5.06 Å². The zero-order valence-electron chi connectivity index (χ0n) is 12.8. The van der Waals surface area contributed by atoms with Gasteiger partial charge in [0.2, 0.25) is 0 Å². The van der Waals surface area contributed by atoms with Crippen molar-refractivity contribution < 1.29 is 19.2 Å². The molecule has 1 aromatic rings. The maximum Gasteiger partial charge on any atom is 0.359 e. The first-order chi connectivity index (χ1) is 10.5. The lowest BCUT2D eigenvalue weighted by molar-refractivity contribution is -0.194. The summed E-state index contributed by atoms with van der Waals surface area (Å²) in [5, 5.41) is 3.61. The minimum Gasteiger partial charge on any atom is -0.388 e. The fraction of sp³-hybridized carbons (Fsp3) is 0.312. The van der Waals surface area contributed by atoms with Crippen LogP contribution >= 0.6 is 0 Å². The number of hydroxylamine groups is 2. The highest BCUT2D eigenvalue weighted by Crippen LogP contribution is 2.26. The molecule has 0 saturated carbocycles. The summed E-state index contributed by atoms with van der Waals surface area (Å²) in [6.07, 6.45) is 0.160. The van der Waals surface area contributed by atoms with Gasteiger partial charge in [-0.25, -0.2) is 4.79 Å². The number of hydrogen-bond acceptors (Lipinski definition) is 5. The lowest BCUT2D eigenvalue weighted by atomic mass is 10.0. The number of anilines is 1. The average molecular weight is 302 g/mol. The van der Waals surface area contributed by atoms with Crippen LogP contribution in [0.1, 0.15) is 32.3 Å². The third-order valence-electron chi connectivity index (χ3n) is 3.65. The van der Waals surface area contributed by atoms with E-state index in [9.17, 15) is 14.4 Å². The Hall–Kier alpha value is -2.63. The highest BCUT2D eigenvalue weighted by Gasteiger charge is 2.33. The summed E-state index contributed by atoms with van der Waals surface area (Å²) in [6.45, 7) is 3.40. The lowest BCUT2D eigenvalue weighted by Gasteiger charge is -2.15. The van der Waals surface area contributed by atoms with Crippen LogP contribution in [-0.4, -0.2) is 29.9 Å². The van der Waals surface area contributed by atoms with Gasteiger partial charge in [0.05, 0.1) is 0 Å². The maximum absolute atomic E-state index is 12.2. The fourth-order valence-corrected chi connectivity index (χ4v) is 2.19. The third kappa shape index (κ3) is 3.00. The van der Waals surface area contributed by atoms with Gasteiger partial charge < -0.3 is 10.2 Å². The van der Waals surface area contributed by atoms with Crippen molar-refractivity contribution >= 4 is 29.0 Å². The van der Waals surface area contributed by atoms with Gasteiger partial charge in [0.25, 0.3) is 11.8 Å². The minimum atomic E-state index is -0.702. The third-order valence-corrected chi connectivity index (χ3v) is 3.65. The number of nitrogens with zero attached hydrogens (tertiary/aromatic N) is 1. The van der Waals surface area contributed by atoms with E-state index in [0.29, 0.717) is 16.2 Å². The van der Waals surface area contributed by atoms with Crippen LogP contribution in [0, 0.1) is 0 Å². The van der Waals surface area contributed by atoms with Gasteiger partial charge >= 0.3 is 5.97 Å². The van der Waals surface area contributed by atoms with Gasteiger partial charge in [-0.1, -0.05) is 18.2 Å². The highest BCUT2D eigenvalue weighted by atomic mass is 16.7. The molecule has 0 bridgehead atoms. The number of imide groups is 1. The summed E-state index contributed by atoms with van der Waals surface area (Å²) in [7, 11) is 1.79. The normalized spacial score (nSPS) is 15.7. The molecule has 2 rings (SSSR count). The molecule has 2 amide bonds. The molecule has 22 heavy (non-hydrogen) atoms. The van der Waals surface area contributed by atoms with Crippen molar-refractivity contribution in [3.8, 4) is 0 Å². The minimum absolute atomic E-state index is 0.0798. The van der Waals surface area contributed by atoms with Crippen molar-refractivity contribution in [2.45, 2.75) is 26.7 Å². The standard InChI is InChI=1S/C16H18N2O4/c1-10(12-6-4-5-7-13(12)17-3)11(2)16(21)22-18-14(19)8-9-15(18)20/h4-7,17H,8-9H2,1-3H3/b11-10+. The number of benzene rings is 1. The number of amides is 2. The van der Waals surface area contributed by atoms with Crippen LogP contribution in [0.4, 0.5) is 5.69 Å². The molecule has 1 fully saturated rings. The van der Waals surface area contributed by atoms with Gasteiger partial charge in [0, 0.05) is 36.7 Å². The molecule has 0 aliphatic carbocycles. The number of allylic oxidation sites excluding steroid dienone is 1. The van der Waals surface area contributed by atoms with Gasteiger partial charge in [0.1, 0.15) is 0 Å². The molecular formula is C16H18N2O4. The summed E-state index contributed by atoms with van der Waals surface area (Å²) in [6, 6.07) is 7.53. The van der Waals surface area contributed by atoms with Crippen LogP contribution in [0.5, 0.6) is 0 Å². The van der Waals surface area contributed by atoms with Gasteiger partial charge in [-0.3, -0.25) is 9.59 Å². The van der Waals surface area contributed by atoms with Crippen LogP contribution in [0.25, 0.3) is 5.57 Å². The van der Waals surface area contributed by atoms with E-state index in [2.05, 4.69) is 5.32 Å². The molecule has 0 unspecified atom stereocenters. The second kappa shape index (κ2) is 6.43. The molecule has 116 valence electrons. The van der Waals surface area contributed by atoms with Crippen molar-refractivity contribution in [2.24, 2.45) is 0 Å². The maximum atomic E-state index is 12.2. The Morgan fingerprint density at radius 3 is 2.32 bits per heavy atom. The van der Waals surface area contributed by atoms with E-state index >= 15 is 0 Å². The number of nitrogens with one attached hydrogen (secondary N) is 1. The van der Waals surface area contributed by atoms with Crippen molar-refractivity contribution in [1.82, 2.24) is 5.06 Å². The predicted octanol–water partition coefficient (Wildman–Crippen LogP) is 2.13. The molecule has 1 aliphatic rings. The zero-order valence-corrected chi connectivity index (χ0v) is 12.8. The number of hydrogen-bond donors (Lipinski definition) is 1. The van der Waals surface area contributed by atoms with Gasteiger partial charge in [0.15, 0.2) is 0 Å². The van der Waals surface area contributed by atoms with Crippen molar-refractivity contribution in [2.75, 3.05) is 12.4 Å². The number of para-hydroxylation sites is 1. The SMILES string of the molecule is CNc1ccccc1/C(C)=C(\C)C(=O)ON1C(=O)CCC1=O. The number of carbonyl (C=O) groups is 3. The summed E-state index contributed by atoms with van der Waals surface area (Å²) in [5.41, 5.74) is 2.79. The topological polar surface area (TPSA) is 75.7 Å². The Balaban J connectivity index is 2.24. The van der Waals surface area contributed by atoms with Crippen LogP contribution in [0.3, 0.4) is 0 Å². The summed E-state index contributed by atoms with van der Waals surface area (Å²) in [4.78, 5) is 40.1. The Labute approximate surface area is 128 Å². The molecule has 1 aliphatic heterocycles. The molecular weight excluding hydrogens is 284 g/mol. The van der Waals surface area contributed by atoms with E-state index in [1.54, 1.807) is 20.9 Å². The first-order valence-electron chi connectivity index (χ1n) is 6.98. The Kier molecular flexibility index (Phi) is 4.60. The molecule has 6 heteroatoms. The second-order valence-corrected chi connectivity index (χ2v) is 5.01. The van der Waals surface area contributed by atoms with Crippen molar-refractivity contribution in [3.63, 3.8) is 0 Å². The van der Waals surface area contributed by atoms with Gasteiger partial charge in [-0.05, 0) is 25.5 Å². The highest BCUT2D eigenvalue weighted by molar-refractivity contribution is 6.04. The first-order valence-corrected chi connectivity index (χ1v) is 6.98. The molecule has 1 saturated heterocycles. The van der Waals surface area contributed by atoms with E-state index in [-0.39, 0.29) is 12.8 Å². The summed E-state index contributed by atoms with van der Waals surface area (Å²) < 4.78 is 0. The molecule has 0 atom stereocenters. The lowest BCUT2D eigenvalue weighted by Crippen LogP contribution is -2.32. The molecule has 1 heterocycles. The average Bonchev–Trinajstić information content (AvgIpc) is 2.85. The summed E-state index contributed by atoms with van der Waals surface area (Å²) in [5.74, 6) is -1.68. The van der Waals surface area contributed by atoms with Crippen molar-refractivity contribution in [3.05, 3.63) is 35.4 Å². The van der Waals surface area contributed by atoms with E-state index in [1.165, 1.54) is 0 Å². The first kappa shape index (κ1) is 15.8. The van der Waals surface area contributed by atoms with Crippen LogP contribution in [-0.2, 0) is 19.2 Å². The molecule has 0 aromatic heterocycles. The van der Waals surface area contributed by atoms with Crippen molar-refractivity contribution in [1.29, 1.82) is 0 Å². The van der Waals surface area contributed by atoms with Gasteiger partial charge in [-0.2, -0.15) is 0 Å². The monoisotopic (exact) mass is 302 g/mol. The summed E-state index contributed by atoms with van der Waals surface area (Å²) >= 11 is 0. The quantitative estimate of drug-likeness (QED) is 0.681. The van der Waals surface area contributed by atoms with Crippen LogP contribution < -0.4 is 5.32 Å². The predicted molar refractivity (Wildman–Crippen MR) is 81.4 cm³/mol. The number of rotatable bonds is 4. The second-order valence-electron chi connectivity index (χ2n) is 5.01. The van der Waals surface area contributed by atoms with E-state index in [4.69, 9.17) is 4.84 Å². The Bertz CT molecular complexity index is 648. The van der Waals surface area contributed by atoms with Crippen LogP contribution in [0.15, 0.2) is 29.8 Å². The smallest absolute Gasteiger partial charge is 0.359 e. The molecule has 1 aromatic carbocycles. The Morgan fingerprint density at radius 1 is 1.14 bits per heavy atom. The van der Waals surface area contributed by atoms with E-state index < -0.39 is 17.8 Å². The molecule has 1 N–H and O–H groups in total. The van der Waals surface area contributed by atoms with Crippen LogP contribution in [0.2, 0.25) is 0 Å². The molecule has 6 nitrogen and oxygen atoms in total.